The van der Waals surface area contributed by atoms with Crippen LogP contribution in [0.5, 0.6) is 5.75 Å². The number of benzene rings is 1. The number of hydrogen-bond donors (Lipinski definition) is 0. The van der Waals surface area contributed by atoms with Crippen LogP contribution in [0.25, 0.3) is 0 Å². The van der Waals surface area contributed by atoms with E-state index in [0.29, 0.717) is 26.1 Å². The van der Waals surface area contributed by atoms with E-state index in [1.807, 2.05) is 16.3 Å². The summed E-state index contributed by atoms with van der Waals surface area (Å²) >= 11 is 1.64. The molecule has 3 rings (SSSR count). The van der Waals surface area contributed by atoms with Crippen LogP contribution in [0.15, 0.2) is 41.1 Å². The summed E-state index contributed by atoms with van der Waals surface area (Å²) in [5, 5.41) is 4.08. The second-order valence-electron chi connectivity index (χ2n) is 6.48. The number of ether oxygens (including phenoxy) is 1. The summed E-state index contributed by atoms with van der Waals surface area (Å²) in [6.45, 7) is 3.51. The molecule has 0 N–H and O–H groups in total. The monoisotopic (exact) mass is 398 g/mol. The molecule has 146 valence electrons. The molecule has 27 heavy (non-hydrogen) atoms. The van der Waals surface area contributed by atoms with Gasteiger partial charge in [0.15, 0.2) is 0 Å². The highest BCUT2D eigenvalue weighted by Gasteiger charge is 2.31. The van der Waals surface area contributed by atoms with Crippen LogP contribution < -0.4 is 4.74 Å². The molecule has 1 aromatic heterocycles. The lowest BCUT2D eigenvalue weighted by molar-refractivity contribution is -0.274. The van der Waals surface area contributed by atoms with Crippen LogP contribution in [0.4, 0.5) is 13.2 Å². The number of amides is 1. The van der Waals surface area contributed by atoms with Crippen LogP contribution in [0.1, 0.15) is 17.5 Å². The van der Waals surface area contributed by atoms with Gasteiger partial charge in [0, 0.05) is 39.1 Å². The summed E-state index contributed by atoms with van der Waals surface area (Å²) < 4.78 is 40.4. The number of nitrogens with zero attached hydrogens (tertiary/aromatic N) is 2. The lowest BCUT2D eigenvalue weighted by Gasteiger charge is -2.34. The molecule has 0 bridgehead atoms. The smallest absolute Gasteiger partial charge is 0.406 e. The maximum Gasteiger partial charge on any atom is 0.573 e. The molecule has 1 aromatic carbocycles. The SMILES string of the molecule is O=C(CCc1ccsc1)N1CCN(Cc2ccc(OC(F)(F)F)cc2)CC1. The van der Waals surface area contributed by atoms with Crippen molar-refractivity contribution in [3.63, 3.8) is 0 Å². The largest absolute Gasteiger partial charge is 0.573 e. The van der Waals surface area contributed by atoms with Crippen molar-refractivity contribution in [3.8, 4) is 5.75 Å². The average Bonchev–Trinajstić information content (AvgIpc) is 3.14. The molecule has 2 heterocycles. The van der Waals surface area contributed by atoms with Crippen LogP contribution >= 0.6 is 11.3 Å². The van der Waals surface area contributed by atoms with Crippen LogP contribution in [0, 0.1) is 0 Å². The molecule has 1 aliphatic rings. The minimum absolute atomic E-state index is 0.175. The Kier molecular flexibility index (Phi) is 6.38. The first-order valence-corrected chi connectivity index (χ1v) is 9.69. The number of carbonyl (C=O) groups is 1. The molecule has 0 saturated carbocycles. The molecule has 1 fully saturated rings. The molecular weight excluding hydrogens is 377 g/mol. The van der Waals surface area contributed by atoms with Gasteiger partial charge in [-0.05, 0) is 46.5 Å². The van der Waals surface area contributed by atoms with Crippen molar-refractivity contribution >= 4 is 17.2 Å². The van der Waals surface area contributed by atoms with Crippen molar-refractivity contribution in [2.45, 2.75) is 25.7 Å². The zero-order valence-corrected chi connectivity index (χ0v) is 15.6. The fourth-order valence-electron chi connectivity index (χ4n) is 3.05. The first-order valence-electron chi connectivity index (χ1n) is 8.75. The predicted molar refractivity (Wildman–Crippen MR) is 97.6 cm³/mol. The van der Waals surface area contributed by atoms with Gasteiger partial charge in [0.1, 0.15) is 5.75 Å². The van der Waals surface area contributed by atoms with Crippen LogP contribution in [-0.4, -0.2) is 48.2 Å². The lowest BCUT2D eigenvalue weighted by atomic mass is 10.1. The van der Waals surface area contributed by atoms with Crippen LogP contribution in [0.2, 0.25) is 0 Å². The Morgan fingerprint density at radius 1 is 1.04 bits per heavy atom. The fraction of sp³-hybridized carbons (Fsp3) is 0.421. The maximum atomic E-state index is 12.3. The average molecular weight is 398 g/mol. The molecule has 0 atom stereocenters. The van der Waals surface area contributed by atoms with Gasteiger partial charge >= 0.3 is 6.36 Å². The molecule has 2 aromatic rings. The Labute approximate surface area is 160 Å². The zero-order chi connectivity index (χ0) is 19.3. The van der Waals surface area contributed by atoms with Crippen molar-refractivity contribution in [3.05, 3.63) is 52.2 Å². The number of aryl methyl sites for hydroxylation is 1. The molecule has 0 spiro atoms. The number of halogens is 3. The van der Waals surface area contributed by atoms with E-state index < -0.39 is 6.36 Å². The molecule has 0 unspecified atom stereocenters. The van der Waals surface area contributed by atoms with Crippen molar-refractivity contribution in [2.24, 2.45) is 0 Å². The number of thiophene rings is 1. The Hall–Kier alpha value is -2.06. The van der Waals surface area contributed by atoms with E-state index in [4.69, 9.17) is 0 Å². The second kappa shape index (κ2) is 8.75. The quantitative estimate of drug-likeness (QED) is 0.739. The standard InChI is InChI=1S/C19H21F3N2O2S/c20-19(21,22)26-17-4-1-15(2-5-17)13-23-8-10-24(11-9-23)18(25)6-3-16-7-12-27-14-16/h1-2,4-5,7,12,14H,3,6,8-11,13H2. The van der Waals surface area contributed by atoms with E-state index in [2.05, 4.69) is 15.0 Å². The number of rotatable bonds is 6. The topological polar surface area (TPSA) is 32.8 Å². The molecule has 0 radical (unpaired) electrons. The first-order chi connectivity index (χ1) is 12.9. The highest BCUT2D eigenvalue weighted by molar-refractivity contribution is 7.07. The predicted octanol–water partition coefficient (Wildman–Crippen LogP) is 3.92. The zero-order valence-electron chi connectivity index (χ0n) is 14.7. The minimum atomic E-state index is -4.67. The van der Waals surface area contributed by atoms with Gasteiger partial charge in [-0.25, -0.2) is 0 Å². The van der Waals surface area contributed by atoms with E-state index >= 15 is 0 Å². The van der Waals surface area contributed by atoms with Gasteiger partial charge in [0.25, 0.3) is 0 Å². The molecule has 8 heteroatoms. The summed E-state index contributed by atoms with van der Waals surface area (Å²) in [5.74, 6) is -0.0400. The highest BCUT2D eigenvalue weighted by atomic mass is 32.1. The van der Waals surface area contributed by atoms with E-state index in [1.165, 1.54) is 17.7 Å². The summed E-state index contributed by atoms with van der Waals surface area (Å²) in [5.41, 5.74) is 2.12. The number of piperazine rings is 1. The number of hydrogen-bond acceptors (Lipinski definition) is 4. The maximum absolute atomic E-state index is 12.3. The summed E-state index contributed by atoms with van der Waals surface area (Å²) in [4.78, 5) is 16.4. The van der Waals surface area contributed by atoms with Crippen LogP contribution in [0.3, 0.4) is 0 Å². The van der Waals surface area contributed by atoms with Gasteiger partial charge in [-0.3, -0.25) is 9.69 Å². The molecule has 1 saturated heterocycles. The second-order valence-corrected chi connectivity index (χ2v) is 7.26. The van der Waals surface area contributed by atoms with Gasteiger partial charge in [0.05, 0.1) is 0 Å². The Morgan fingerprint density at radius 3 is 2.33 bits per heavy atom. The molecule has 1 amide bonds. The molecular formula is C19H21F3N2O2S. The minimum Gasteiger partial charge on any atom is -0.406 e. The summed E-state index contributed by atoms with van der Waals surface area (Å²) in [6.07, 6.45) is -3.37. The normalized spacial score (nSPS) is 15.7. The fourth-order valence-corrected chi connectivity index (χ4v) is 3.76. The number of alkyl halides is 3. The third-order valence-corrected chi connectivity index (χ3v) is 5.23. The number of carbonyl (C=O) groups excluding carboxylic acids is 1. The van der Waals surface area contributed by atoms with Gasteiger partial charge < -0.3 is 9.64 Å². The van der Waals surface area contributed by atoms with Crippen molar-refractivity contribution in [1.82, 2.24) is 9.80 Å². The Bertz CT molecular complexity index is 724. The summed E-state index contributed by atoms with van der Waals surface area (Å²) in [7, 11) is 0. The lowest BCUT2D eigenvalue weighted by Crippen LogP contribution is -2.48. The first kappa shape index (κ1) is 19.7. The third kappa shape index (κ3) is 6.25. The van der Waals surface area contributed by atoms with Gasteiger partial charge in [-0.2, -0.15) is 11.3 Å². The van der Waals surface area contributed by atoms with Crippen molar-refractivity contribution in [1.29, 1.82) is 0 Å². The van der Waals surface area contributed by atoms with Crippen molar-refractivity contribution < 1.29 is 22.7 Å². The van der Waals surface area contributed by atoms with Gasteiger partial charge in [-0.1, -0.05) is 12.1 Å². The molecule has 1 aliphatic heterocycles. The molecule has 4 nitrogen and oxygen atoms in total. The Balaban J connectivity index is 1.42. The summed E-state index contributed by atoms with van der Waals surface area (Å²) in [6, 6.07) is 7.97. The van der Waals surface area contributed by atoms with E-state index in [-0.39, 0.29) is 11.7 Å². The molecule has 0 aliphatic carbocycles. The van der Waals surface area contributed by atoms with Crippen LogP contribution in [-0.2, 0) is 17.8 Å². The van der Waals surface area contributed by atoms with E-state index in [1.54, 1.807) is 23.5 Å². The highest BCUT2D eigenvalue weighted by Crippen LogP contribution is 2.23. The van der Waals surface area contributed by atoms with E-state index in [9.17, 15) is 18.0 Å². The van der Waals surface area contributed by atoms with Gasteiger partial charge in [0.2, 0.25) is 5.91 Å². The van der Waals surface area contributed by atoms with Crippen molar-refractivity contribution in [2.75, 3.05) is 26.2 Å². The third-order valence-electron chi connectivity index (χ3n) is 4.50. The van der Waals surface area contributed by atoms with E-state index in [0.717, 1.165) is 25.1 Å². The Morgan fingerprint density at radius 2 is 1.74 bits per heavy atom. The van der Waals surface area contributed by atoms with Gasteiger partial charge in [-0.15, -0.1) is 13.2 Å².